The highest BCUT2D eigenvalue weighted by molar-refractivity contribution is 7.13. The number of ether oxygens (including phenoxy) is 1. The van der Waals surface area contributed by atoms with E-state index in [1.165, 1.54) is 23.5 Å². The Balaban J connectivity index is 1.36. The summed E-state index contributed by atoms with van der Waals surface area (Å²) in [6, 6.07) is 14.4. The van der Waals surface area contributed by atoms with E-state index in [-0.39, 0.29) is 11.7 Å². The zero-order chi connectivity index (χ0) is 21.6. The number of carbonyl (C=O) groups excluding carboxylic acids is 1. The van der Waals surface area contributed by atoms with Crippen LogP contribution in [0.5, 0.6) is 5.75 Å². The van der Waals surface area contributed by atoms with Gasteiger partial charge in [-0.2, -0.15) is 0 Å². The first kappa shape index (κ1) is 21.5. The second-order valence-corrected chi connectivity index (χ2v) is 8.40. The number of aromatic nitrogens is 1. The molecular formula is C24H26FN3O2S. The zero-order valence-corrected chi connectivity index (χ0v) is 18.4. The van der Waals surface area contributed by atoms with Crippen LogP contribution in [0.1, 0.15) is 29.4 Å². The molecule has 3 aromatic rings. The number of hydrogen-bond acceptors (Lipinski definition) is 5. The van der Waals surface area contributed by atoms with Crippen LogP contribution >= 0.6 is 11.3 Å². The first-order valence-corrected chi connectivity index (χ1v) is 11.4. The molecule has 1 aromatic heterocycles. The van der Waals surface area contributed by atoms with Crippen molar-refractivity contribution < 1.29 is 13.9 Å². The molecule has 0 saturated carbocycles. The monoisotopic (exact) mass is 439 g/mol. The zero-order valence-electron chi connectivity index (χ0n) is 17.6. The van der Waals surface area contributed by atoms with Crippen molar-refractivity contribution in [3.05, 3.63) is 71.0 Å². The summed E-state index contributed by atoms with van der Waals surface area (Å²) >= 11 is 1.48. The van der Waals surface area contributed by atoms with E-state index in [1.54, 1.807) is 0 Å². The van der Waals surface area contributed by atoms with Gasteiger partial charge in [0.1, 0.15) is 22.3 Å². The second kappa shape index (κ2) is 10.0. The fourth-order valence-electron chi connectivity index (χ4n) is 3.71. The van der Waals surface area contributed by atoms with Crippen molar-refractivity contribution in [3.8, 4) is 16.3 Å². The highest BCUT2D eigenvalue weighted by Gasteiger charge is 2.22. The summed E-state index contributed by atoms with van der Waals surface area (Å²) < 4.78 is 18.6. The van der Waals surface area contributed by atoms with Crippen molar-refractivity contribution in [2.24, 2.45) is 0 Å². The van der Waals surface area contributed by atoms with Gasteiger partial charge in [-0.05, 0) is 55.3 Å². The van der Waals surface area contributed by atoms with E-state index in [1.807, 2.05) is 53.6 Å². The van der Waals surface area contributed by atoms with E-state index < -0.39 is 0 Å². The van der Waals surface area contributed by atoms with Crippen LogP contribution in [-0.2, 0) is 6.54 Å². The molecule has 5 nitrogen and oxygen atoms in total. The lowest BCUT2D eigenvalue weighted by Gasteiger charge is -2.21. The molecule has 0 aliphatic carbocycles. The molecule has 7 heteroatoms. The van der Waals surface area contributed by atoms with Gasteiger partial charge < -0.3 is 9.64 Å². The average Bonchev–Trinajstić information content (AvgIpc) is 3.16. The number of benzene rings is 2. The fourth-order valence-corrected chi connectivity index (χ4v) is 4.51. The molecule has 2 aromatic carbocycles. The van der Waals surface area contributed by atoms with E-state index in [4.69, 9.17) is 4.74 Å². The molecule has 0 atom stereocenters. The molecule has 31 heavy (non-hydrogen) atoms. The number of hydrogen-bond donors (Lipinski definition) is 0. The maximum Gasteiger partial charge on any atom is 0.273 e. The lowest BCUT2D eigenvalue weighted by atomic mass is 10.2. The van der Waals surface area contributed by atoms with E-state index in [0.717, 1.165) is 47.9 Å². The van der Waals surface area contributed by atoms with Gasteiger partial charge in [-0.3, -0.25) is 9.69 Å². The maximum atomic E-state index is 13.1. The smallest absolute Gasteiger partial charge is 0.273 e. The Bertz CT molecular complexity index is 1000. The molecule has 0 spiro atoms. The molecule has 2 heterocycles. The second-order valence-electron chi connectivity index (χ2n) is 7.54. The summed E-state index contributed by atoms with van der Waals surface area (Å²) in [5.74, 6) is 0.593. The van der Waals surface area contributed by atoms with Crippen LogP contribution in [0.15, 0.2) is 53.9 Å². The highest BCUT2D eigenvalue weighted by atomic mass is 32.1. The summed E-state index contributed by atoms with van der Waals surface area (Å²) in [7, 11) is 0. The number of amides is 1. The Morgan fingerprint density at radius 3 is 2.58 bits per heavy atom. The van der Waals surface area contributed by atoms with Crippen LogP contribution in [0.3, 0.4) is 0 Å². The van der Waals surface area contributed by atoms with Crippen molar-refractivity contribution >= 4 is 17.2 Å². The lowest BCUT2D eigenvalue weighted by Crippen LogP contribution is -2.35. The van der Waals surface area contributed by atoms with Crippen molar-refractivity contribution in [2.75, 3.05) is 32.8 Å². The fraction of sp³-hybridized carbons (Fsp3) is 0.333. The molecule has 0 N–H and O–H groups in total. The summed E-state index contributed by atoms with van der Waals surface area (Å²) in [5.41, 5.74) is 2.57. The van der Waals surface area contributed by atoms with Gasteiger partial charge in [-0.1, -0.05) is 12.1 Å². The predicted octanol–water partition coefficient (Wildman–Crippen LogP) is 4.70. The molecular weight excluding hydrogens is 413 g/mol. The van der Waals surface area contributed by atoms with E-state index in [9.17, 15) is 9.18 Å². The summed E-state index contributed by atoms with van der Waals surface area (Å²) in [5, 5.41) is 2.68. The molecule has 162 valence electrons. The van der Waals surface area contributed by atoms with Crippen LogP contribution < -0.4 is 4.74 Å². The number of carbonyl (C=O) groups is 1. The normalized spacial score (nSPS) is 15.0. The van der Waals surface area contributed by atoms with Crippen molar-refractivity contribution in [1.82, 2.24) is 14.8 Å². The van der Waals surface area contributed by atoms with Crippen molar-refractivity contribution in [3.63, 3.8) is 0 Å². The van der Waals surface area contributed by atoms with Crippen LogP contribution in [0.4, 0.5) is 4.39 Å². The Hall–Kier alpha value is -2.77. The van der Waals surface area contributed by atoms with Gasteiger partial charge in [-0.15, -0.1) is 11.3 Å². The molecule has 1 fully saturated rings. The van der Waals surface area contributed by atoms with Gasteiger partial charge in [0.25, 0.3) is 5.91 Å². The topological polar surface area (TPSA) is 45.7 Å². The van der Waals surface area contributed by atoms with Gasteiger partial charge in [0, 0.05) is 43.7 Å². The average molecular weight is 440 g/mol. The number of nitrogens with zero attached hydrogens (tertiary/aromatic N) is 3. The largest absolute Gasteiger partial charge is 0.494 e. The molecule has 1 saturated heterocycles. The lowest BCUT2D eigenvalue weighted by molar-refractivity contribution is 0.0756. The number of halogens is 1. The van der Waals surface area contributed by atoms with Gasteiger partial charge in [-0.25, -0.2) is 9.37 Å². The minimum Gasteiger partial charge on any atom is -0.494 e. The third-order valence-corrected chi connectivity index (χ3v) is 6.22. The molecule has 1 aliphatic rings. The summed E-state index contributed by atoms with van der Waals surface area (Å²) in [4.78, 5) is 21.8. The molecule has 0 bridgehead atoms. The van der Waals surface area contributed by atoms with E-state index in [0.29, 0.717) is 25.4 Å². The molecule has 0 unspecified atom stereocenters. The standard InChI is InChI=1S/C24H26FN3O2S/c1-2-30-21-10-6-19(7-11-21)23-26-22(17-31-23)24(29)28-13-3-12-27(14-15-28)16-18-4-8-20(25)9-5-18/h4-11,17H,2-3,12-16H2,1H3. The Morgan fingerprint density at radius 1 is 1.06 bits per heavy atom. The van der Waals surface area contributed by atoms with Crippen molar-refractivity contribution in [2.45, 2.75) is 19.9 Å². The SMILES string of the molecule is CCOc1ccc(-c2nc(C(=O)N3CCCN(Cc4ccc(F)cc4)CC3)cs2)cc1. The maximum absolute atomic E-state index is 13.1. The van der Waals surface area contributed by atoms with Gasteiger partial charge >= 0.3 is 0 Å². The Labute approximate surface area is 186 Å². The number of rotatable bonds is 6. The molecule has 4 rings (SSSR count). The van der Waals surface area contributed by atoms with Gasteiger partial charge in [0.05, 0.1) is 6.61 Å². The van der Waals surface area contributed by atoms with Crippen LogP contribution in [0.2, 0.25) is 0 Å². The van der Waals surface area contributed by atoms with E-state index in [2.05, 4.69) is 9.88 Å². The summed E-state index contributed by atoms with van der Waals surface area (Å²) in [6.07, 6.45) is 0.906. The Morgan fingerprint density at radius 2 is 1.84 bits per heavy atom. The quantitative estimate of drug-likeness (QED) is 0.559. The third kappa shape index (κ3) is 5.48. The molecule has 1 amide bonds. The minimum atomic E-state index is -0.218. The van der Waals surface area contributed by atoms with Crippen LogP contribution in [0, 0.1) is 5.82 Å². The first-order valence-electron chi connectivity index (χ1n) is 10.6. The Kier molecular flexibility index (Phi) is 6.94. The van der Waals surface area contributed by atoms with E-state index >= 15 is 0 Å². The van der Waals surface area contributed by atoms with Gasteiger partial charge in [0.2, 0.25) is 0 Å². The van der Waals surface area contributed by atoms with Crippen LogP contribution in [0.25, 0.3) is 10.6 Å². The third-order valence-electron chi connectivity index (χ3n) is 5.33. The molecule has 1 aliphatic heterocycles. The van der Waals surface area contributed by atoms with Gasteiger partial charge in [0.15, 0.2) is 0 Å². The summed E-state index contributed by atoms with van der Waals surface area (Å²) in [6.45, 7) is 6.43. The van der Waals surface area contributed by atoms with Crippen molar-refractivity contribution in [1.29, 1.82) is 0 Å². The first-order chi connectivity index (χ1) is 15.1. The molecule has 0 radical (unpaired) electrons. The highest BCUT2D eigenvalue weighted by Crippen LogP contribution is 2.26. The van der Waals surface area contributed by atoms with Crippen LogP contribution in [-0.4, -0.2) is 53.5 Å². The number of thiazole rings is 1. The minimum absolute atomic E-state index is 0.0166. The predicted molar refractivity (Wildman–Crippen MR) is 121 cm³/mol.